The zero-order chi connectivity index (χ0) is 22.1. The molecule has 2 unspecified atom stereocenters. The highest BCUT2D eigenvalue weighted by atomic mass is 16.3. The molecule has 0 aliphatic rings. The second-order valence-electron chi connectivity index (χ2n) is 7.75. The number of hydrogen-bond donors (Lipinski definition) is 2. The monoisotopic (exact) mass is 419 g/mol. The standard InChI is InChI=1S/C25H29N3O3/c1-28(2)21(16-19-10-5-3-6-11-19)18-26-24(29)22(17-20-12-7-4-8-13-20)27-25(30)23-14-9-15-31-23/h3-15,21-22H,16-18H2,1-2H3,(H,26,29)(H,27,30). The predicted octanol–water partition coefficient (Wildman–Crippen LogP) is 2.91. The van der Waals surface area contributed by atoms with Gasteiger partial charge in [0.1, 0.15) is 6.04 Å². The van der Waals surface area contributed by atoms with Crippen molar-refractivity contribution in [2.75, 3.05) is 20.6 Å². The Hall–Kier alpha value is -3.38. The van der Waals surface area contributed by atoms with Crippen LogP contribution in [0, 0.1) is 0 Å². The summed E-state index contributed by atoms with van der Waals surface area (Å²) in [6.45, 7) is 0.475. The number of carbonyl (C=O) groups excluding carboxylic acids is 2. The van der Waals surface area contributed by atoms with Crippen LogP contribution in [0.3, 0.4) is 0 Å². The van der Waals surface area contributed by atoms with E-state index in [0.29, 0.717) is 13.0 Å². The summed E-state index contributed by atoms with van der Waals surface area (Å²) < 4.78 is 5.17. The minimum absolute atomic E-state index is 0.129. The van der Waals surface area contributed by atoms with E-state index < -0.39 is 11.9 Å². The largest absolute Gasteiger partial charge is 0.459 e. The van der Waals surface area contributed by atoms with E-state index in [9.17, 15) is 9.59 Å². The average Bonchev–Trinajstić information content (AvgIpc) is 3.32. The van der Waals surface area contributed by atoms with Gasteiger partial charge in [-0.3, -0.25) is 9.59 Å². The molecule has 2 N–H and O–H groups in total. The summed E-state index contributed by atoms with van der Waals surface area (Å²) in [6.07, 6.45) is 2.65. The molecule has 0 bridgehead atoms. The van der Waals surface area contributed by atoms with Crippen LogP contribution in [-0.2, 0) is 17.6 Å². The number of rotatable bonds is 10. The van der Waals surface area contributed by atoms with Crippen molar-refractivity contribution >= 4 is 11.8 Å². The SMILES string of the molecule is CN(C)C(CNC(=O)C(Cc1ccccc1)NC(=O)c1ccco1)Cc1ccccc1. The van der Waals surface area contributed by atoms with Crippen molar-refractivity contribution in [3.05, 3.63) is 95.9 Å². The van der Waals surface area contributed by atoms with Gasteiger partial charge in [0, 0.05) is 19.0 Å². The Balaban J connectivity index is 1.66. The fourth-order valence-electron chi connectivity index (χ4n) is 3.36. The van der Waals surface area contributed by atoms with Gasteiger partial charge in [-0.2, -0.15) is 0 Å². The Labute approximate surface area is 183 Å². The lowest BCUT2D eigenvalue weighted by Gasteiger charge is -2.26. The molecule has 0 aliphatic heterocycles. The molecule has 1 heterocycles. The molecule has 2 aromatic carbocycles. The summed E-state index contributed by atoms with van der Waals surface area (Å²) in [5, 5.41) is 5.84. The maximum absolute atomic E-state index is 13.1. The second-order valence-corrected chi connectivity index (χ2v) is 7.75. The van der Waals surface area contributed by atoms with Gasteiger partial charge in [0.15, 0.2) is 5.76 Å². The highest BCUT2D eigenvalue weighted by molar-refractivity contribution is 5.95. The summed E-state index contributed by atoms with van der Waals surface area (Å²) in [5.41, 5.74) is 2.18. The number of carbonyl (C=O) groups is 2. The first kappa shape index (κ1) is 22.3. The molecule has 0 saturated carbocycles. The van der Waals surface area contributed by atoms with Crippen LogP contribution < -0.4 is 10.6 Å². The fourth-order valence-corrected chi connectivity index (χ4v) is 3.36. The van der Waals surface area contributed by atoms with Crippen LogP contribution >= 0.6 is 0 Å². The van der Waals surface area contributed by atoms with E-state index in [1.165, 1.54) is 11.8 Å². The van der Waals surface area contributed by atoms with Gasteiger partial charge in [-0.25, -0.2) is 0 Å². The molecule has 3 aromatic rings. The van der Waals surface area contributed by atoms with E-state index in [-0.39, 0.29) is 17.7 Å². The highest BCUT2D eigenvalue weighted by Gasteiger charge is 2.24. The molecule has 0 saturated heterocycles. The first-order valence-electron chi connectivity index (χ1n) is 10.4. The molecule has 162 valence electrons. The van der Waals surface area contributed by atoms with Crippen LogP contribution in [0.2, 0.25) is 0 Å². The summed E-state index contributed by atoms with van der Waals surface area (Å²) in [7, 11) is 4.00. The molecule has 1 aromatic heterocycles. The van der Waals surface area contributed by atoms with Gasteiger partial charge in [-0.15, -0.1) is 0 Å². The van der Waals surface area contributed by atoms with Crippen molar-refractivity contribution in [2.24, 2.45) is 0 Å². The molecule has 6 heteroatoms. The van der Waals surface area contributed by atoms with Crippen molar-refractivity contribution < 1.29 is 14.0 Å². The van der Waals surface area contributed by atoms with Gasteiger partial charge in [-0.05, 0) is 43.8 Å². The lowest BCUT2D eigenvalue weighted by atomic mass is 10.0. The van der Waals surface area contributed by atoms with Gasteiger partial charge in [0.05, 0.1) is 6.26 Å². The fraction of sp³-hybridized carbons (Fsp3) is 0.280. The van der Waals surface area contributed by atoms with Crippen molar-refractivity contribution in [1.82, 2.24) is 15.5 Å². The van der Waals surface area contributed by atoms with E-state index in [1.54, 1.807) is 12.1 Å². The molecule has 6 nitrogen and oxygen atoms in total. The Morgan fingerprint density at radius 2 is 1.48 bits per heavy atom. The number of likely N-dealkylation sites (N-methyl/N-ethyl adjacent to an activating group) is 1. The third kappa shape index (κ3) is 6.83. The third-order valence-corrected chi connectivity index (χ3v) is 5.21. The number of nitrogens with one attached hydrogen (secondary N) is 2. The Kier molecular flexibility index (Phi) is 8.01. The zero-order valence-corrected chi connectivity index (χ0v) is 18.0. The van der Waals surface area contributed by atoms with Crippen molar-refractivity contribution in [3.8, 4) is 0 Å². The summed E-state index contributed by atoms with van der Waals surface area (Å²) in [6, 6.07) is 22.5. The molecule has 2 atom stereocenters. The minimum Gasteiger partial charge on any atom is -0.459 e. The van der Waals surface area contributed by atoms with Gasteiger partial charge in [0.2, 0.25) is 5.91 Å². The topological polar surface area (TPSA) is 74.6 Å². The maximum Gasteiger partial charge on any atom is 0.287 e. The number of amides is 2. The quantitative estimate of drug-likeness (QED) is 0.530. The molecule has 31 heavy (non-hydrogen) atoms. The molecule has 0 aliphatic carbocycles. The lowest BCUT2D eigenvalue weighted by molar-refractivity contribution is -0.123. The Bertz CT molecular complexity index is 941. The van der Waals surface area contributed by atoms with Crippen LogP contribution in [0.4, 0.5) is 0 Å². The molecular formula is C25H29N3O3. The molecule has 0 fully saturated rings. The molecule has 0 spiro atoms. The number of nitrogens with zero attached hydrogens (tertiary/aromatic N) is 1. The highest BCUT2D eigenvalue weighted by Crippen LogP contribution is 2.08. The van der Waals surface area contributed by atoms with Gasteiger partial charge < -0.3 is 20.0 Å². The summed E-state index contributed by atoms with van der Waals surface area (Å²) >= 11 is 0. The zero-order valence-electron chi connectivity index (χ0n) is 18.0. The molecular weight excluding hydrogens is 390 g/mol. The van der Waals surface area contributed by atoms with Gasteiger partial charge >= 0.3 is 0 Å². The number of hydrogen-bond acceptors (Lipinski definition) is 4. The van der Waals surface area contributed by atoms with Crippen molar-refractivity contribution in [3.63, 3.8) is 0 Å². The molecule has 3 rings (SSSR count). The van der Waals surface area contributed by atoms with Crippen LogP contribution in [-0.4, -0.2) is 49.4 Å². The van der Waals surface area contributed by atoms with E-state index in [2.05, 4.69) is 27.7 Å². The number of furan rings is 1. The molecule has 0 radical (unpaired) electrons. The second kappa shape index (κ2) is 11.1. The summed E-state index contributed by atoms with van der Waals surface area (Å²) in [5.74, 6) is -0.445. The normalized spacial score (nSPS) is 12.9. The van der Waals surface area contributed by atoms with E-state index in [1.807, 2.05) is 62.6 Å². The van der Waals surface area contributed by atoms with Crippen LogP contribution in [0.15, 0.2) is 83.5 Å². The van der Waals surface area contributed by atoms with Crippen LogP contribution in [0.5, 0.6) is 0 Å². The molecule has 2 amide bonds. The minimum atomic E-state index is -0.709. The number of benzene rings is 2. The third-order valence-electron chi connectivity index (χ3n) is 5.21. The average molecular weight is 420 g/mol. The first-order chi connectivity index (χ1) is 15.0. The van der Waals surface area contributed by atoms with E-state index in [0.717, 1.165) is 12.0 Å². The maximum atomic E-state index is 13.1. The lowest BCUT2D eigenvalue weighted by Crippen LogP contribution is -2.51. The smallest absolute Gasteiger partial charge is 0.287 e. The first-order valence-corrected chi connectivity index (χ1v) is 10.4. The summed E-state index contributed by atoms with van der Waals surface area (Å²) in [4.78, 5) is 27.7. The van der Waals surface area contributed by atoms with E-state index >= 15 is 0 Å². The van der Waals surface area contributed by atoms with Gasteiger partial charge in [0.25, 0.3) is 5.91 Å². The van der Waals surface area contributed by atoms with Crippen LogP contribution in [0.25, 0.3) is 0 Å². The Morgan fingerprint density at radius 1 is 0.871 bits per heavy atom. The van der Waals surface area contributed by atoms with Crippen molar-refractivity contribution in [2.45, 2.75) is 24.9 Å². The van der Waals surface area contributed by atoms with E-state index in [4.69, 9.17) is 4.42 Å². The predicted molar refractivity (Wildman–Crippen MR) is 121 cm³/mol. The Morgan fingerprint density at radius 3 is 2.03 bits per heavy atom. The van der Waals surface area contributed by atoms with Crippen LogP contribution in [0.1, 0.15) is 21.7 Å². The van der Waals surface area contributed by atoms with Crippen molar-refractivity contribution in [1.29, 1.82) is 0 Å². The van der Waals surface area contributed by atoms with Gasteiger partial charge in [-0.1, -0.05) is 60.7 Å².